The molecule has 2 atom stereocenters. The maximum Gasteiger partial charge on any atom is 0.123 e. The fourth-order valence-corrected chi connectivity index (χ4v) is 2.72. The van der Waals surface area contributed by atoms with Gasteiger partial charge < -0.3 is 10.2 Å². The number of benzene rings is 1. The molecule has 1 aromatic carbocycles. The Morgan fingerprint density at radius 1 is 1.07 bits per heavy atom. The highest BCUT2D eigenvalue weighted by Crippen LogP contribution is 2.30. The molecule has 2 aliphatic rings. The average molecular weight is 206 g/mol. The topological polar surface area (TPSA) is 15.3 Å². The molecule has 2 nitrogen and oxygen atoms in total. The summed E-state index contributed by atoms with van der Waals surface area (Å²) in [5.74, 6) is 1.42. The molecule has 0 saturated carbocycles. The minimum Gasteiger partial charge on any atom is -0.371 e. The van der Waals surface area contributed by atoms with E-state index in [0.717, 1.165) is 43.7 Å². The zero-order chi connectivity index (χ0) is 10.3. The summed E-state index contributed by atoms with van der Waals surface area (Å²) in [4.78, 5) is 2.37. The van der Waals surface area contributed by atoms with Crippen molar-refractivity contribution in [3.63, 3.8) is 0 Å². The van der Waals surface area contributed by atoms with Crippen LogP contribution in [0.4, 0.5) is 10.1 Å². The van der Waals surface area contributed by atoms with E-state index >= 15 is 0 Å². The molecule has 2 fully saturated rings. The second kappa shape index (κ2) is 3.49. The van der Waals surface area contributed by atoms with Gasteiger partial charge in [0.25, 0.3) is 0 Å². The van der Waals surface area contributed by atoms with Crippen molar-refractivity contribution in [1.29, 1.82) is 0 Å². The molecule has 1 aromatic rings. The Hall–Kier alpha value is -1.09. The van der Waals surface area contributed by atoms with E-state index in [1.54, 1.807) is 12.1 Å². The predicted molar refractivity (Wildman–Crippen MR) is 58.5 cm³/mol. The van der Waals surface area contributed by atoms with E-state index in [2.05, 4.69) is 10.2 Å². The van der Waals surface area contributed by atoms with Gasteiger partial charge in [-0.25, -0.2) is 4.39 Å². The van der Waals surface area contributed by atoms with Gasteiger partial charge in [0.15, 0.2) is 0 Å². The van der Waals surface area contributed by atoms with Crippen LogP contribution in [-0.2, 0) is 0 Å². The Morgan fingerprint density at radius 2 is 1.67 bits per heavy atom. The normalized spacial score (nSPS) is 29.5. The number of rotatable bonds is 1. The van der Waals surface area contributed by atoms with Crippen molar-refractivity contribution in [1.82, 2.24) is 5.32 Å². The summed E-state index contributed by atoms with van der Waals surface area (Å²) in [5, 5.41) is 3.42. The molecule has 80 valence electrons. The Bertz CT molecular complexity index is 337. The van der Waals surface area contributed by atoms with Crippen molar-refractivity contribution >= 4 is 5.69 Å². The molecule has 2 saturated heterocycles. The summed E-state index contributed by atoms with van der Waals surface area (Å²) in [5.41, 5.74) is 1.16. The van der Waals surface area contributed by atoms with Crippen molar-refractivity contribution in [2.45, 2.75) is 0 Å². The molecule has 0 unspecified atom stereocenters. The van der Waals surface area contributed by atoms with Crippen LogP contribution in [0.2, 0.25) is 0 Å². The van der Waals surface area contributed by atoms with Gasteiger partial charge in [-0.3, -0.25) is 0 Å². The lowest BCUT2D eigenvalue weighted by Crippen LogP contribution is -2.25. The quantitative estimate of drug-likeness (QED) is 0.748. The average Bonchev–Trinajstić information content (AvgIpc) is 2.78. The standard InChI is InChI=1S/C12H15FN2/c13-11-1-3-12(4-2-11)15-7-9-5-14-6-10(9)8-15/h1-4,9-10,14H,5-8H2/t9-,10+. The first-order valence-electron chi connectivity index (χ1n) is 5.54. The first-order chi connectivity index (χ1) is 7.33. The molecule has 0 amide bonds. The van der Waals surface area contributed by atoms with E-state index in [1.807, 2.05) is 12.1 Å². The molecule has 1 N–H and O–H groups in total. The van der Waals surface area contributed by atoms with Crippen molar-refractivity contribution in [2.75, 3.05) is 31.1 Å². The van der Waals surface area contributed by atoms with Crippen LogP contribution in [0.5, 0.6) is 0 Å². The molecule has 0 spiro atoms. The van der Waals surface area contributed by atoms with Gasteiger partial charge in [0.2, 0.25) is 0 Å². The first kappa shape index (κ1) is 9.16. The lowest BCUT2D eigenvalue weighted by Gasteiger charge is -2.19. The third-order valence-corrected chi connectivity index (χ3v) is 3.58. The highest BCUT2D eigenvalue weighted by molar-refractivity contribution is 5.47. The summed E-state index contributed by atoms with van der Waals surface area (Å²) < 4.78 is 12.8. The van der Waals surface area contributed by atoms with E-state index < -0.39 is 0 Å². The molecule has 3 heteroatoms. The summed E-state index contributed by atoms with van der Waals surface area (Å²) in [6.07, 6.45) is 0. The Balaban J connectivity index is 1.76. The predicted octanol–water partition coefficient (Wildman–Crippen LogP) is 1.48. The third-order valence-electron chi connectivity index (χ3n) is 3.58. The Morgan fingerprint density at radius 3 is 2.27 bits per heavy atom. The lowest BCUT2D eigenvalue weighted by molar-refractivity contribution is 0.533. The molecule has 2 aliphatic heterocycles. The van der Waals surface area contributed by atoms with Crippen LogP contribution >= 0.6 is 0 Å². The van der Waals surface area contributed by atoms with Gasteiger partial charge in [-0.15, -0.1) is 0 Å². The highest BCUT2D eigenvalue weighted by atomic mass is 19.1. The minimum absolute atomic E-state index is 0.153. The zero-order valence-corrected chi connectivity index (χ0v) is 8.62. The van der Waals surface area contributed by atoms with Crippen LogP contribution in [0.15, 0.2) is 24.3 Å². The molecular weight excluding hydrogens is 191 g/mol. The largest absolute Gasteiger partial charge is 0.371 e. The SMILES string of the molecule is Fc1ccc(N2C[C@H]3CNC[C@H]3C2)cc1. The summed E-state index contributed by atoms with van der Waals surface area (Å²) in [7, 11) is 0. The third kappa shape index (κ3) is 1.61. The number of nitrogens with zero attached hydrogens (tertiary/aromatic N) is 1. The van der Waals surface area contributed by atoms with Crippen molar-refractivity contribution in [2.24, 2.45) is 11.8 Å². The number of hydrogen-bond acceptors (Lipinski definition) is 2. The van der Waals surface area contributed by atoms with Crippen LogP contribution in [-0.4, -0.2) is 26.2 Å². The van der Waals surface area contributed by atoms with Crippen LogP contribution in [0.1, 0.15) is 0 Å². The van der Waals surface area contributed by atoms with Gasteiger partial charge in [0.1, 0.15) is 5.82 Å². The van der Waals surface area contributed by atoms with Crippen molar-refractivity contribution in [3.8, 4) is 0 Å². The summed E-state index contributed by atoms with van der Waals surface area (Å²) >= 11 is 0. The second-order valence-corrected chi connectivity index (χ2v) is 4.56. The molecule has 0 radical (unpaired) electrons. The van der Waals surface area contributed by atoms with Gasteiger partial charge in [-0.2, -0.15) is 0 Å². The Labute approximate surface area is 89.1 Å². The van der Waals surface area contributed by atoms with Crippen LogP contribution < -0.4 is 10.2 Å². The highest BCUT2D eigenvalue weighted by Gasteiger charge is 2.35. The van der Waals surface area contributed by atoms with E-state index in [-0.39, 0.29) is 5.82 Å². The van der Waals surface area contributed by atoms with Gasteiger partial charge in [0.05, 0.1) is 0 Å². The first-order valence-corrected chi connectivity index (χ1v) is 5.54. The van der Waals surface area contributed by atoms with E-state index in [9.17, 15) is 4.39 Å². The fraction of sp³-hybridized carbons (Fsp3) is 0.500. The minimum atomic E-state index is -0.153. The molecule has 3 rings (SSSR count). The number of anilines is 1. The second-order valence-electron chi connectivity index (χ2n) is 4.56. The monoisotopic (exact) mass is 206 g/mol. The molecule has 2 heterocycles. The van der Waals surface area contributed by atoms with E-state index in [0.29, 0.717) is 0 Å². The van der Waals surface area contributed by atoms with E-state index in [1.165, 1.54) is 0 Å². The van der Waals surface area contributed by atoms with Gasteiger partial charge >= 0.3 is 0 Å². The van der Waals surface area contributed by atoms with Crippen LogP contribution in [0.3, 0.4) is 0 Å². The molecular formula is C12H15FN2. The van der Waals surface area contributed by atoms with Crippen LogP contribution in [0, 0.1) is 17.7 Å². The lowest BCUT2D eigenvalue weighted by atomic mass is 10.0. The van der Waals surface area contributed by atoms with Crippen molar-refractivity contribution < 1.29 is 4.39 Å². The summed E-state index contributed by atoms with van der Waals surface area (Å²) in [6, 6.07) is 6.84. The van der Waals surface area contributed by atoms with Crippen LogP contribution in [0.25, 0.3) is 0 Å². The zero-order valence-electron chi connectivity index (χ0n) is 8.62. The molecule has 15 heavy (non-hydrogen) atoms. The number of fused-ring (bicyclic) bond motifs is 1. The molecule has 0 aliphatic carbocycles. The van der Waals surface area contributed by atoms with Gasteiger partial charge in [0, 0.05) is 31.9 Å². The van der Waals surface area contributed by atoms with E-state index in [4.69, 9.17) is 0 Å². The molecule has 0 bridgehead atoms. The molecule has 0 aromatic heterocycles. The van der Waals surface area contributed by atoms with Crippen molar-refractivity contribution in [3.05, 3.63) is 30.1 Å². The number of halogens is 1. The maximum atomic E-state index is 12.8. The van der Waals surface area contributed by atoms with Gasteiger partial charge in [-0.1, -0.05) is 0 Å². The van der Waals surface area contributed by atoms with Gasteiger partial charge in [-0.05, 0) is 36.1 Å². The fourth-order valence-electron chi connectivity index (χ4n) is 2.72. The number of hydrogen-bond donors (Lipinski definition) is 1. The maximum absolute atomic E-state index is 12.8. The summed E-state index contributed by atoms with van der Waals surface area (Å²) in [6.45, 7) is 4.51. The smallest absolute Gasteiger partial charge is 0.123 e. The number of nitrogens with one attached hydrogen (secondary N) is 1. The Kier molecular flexibility index (Phi) is 2.13.